The van der Waals surface area contributed by atoms with Crippen LogP contribution in [0.4, 0.5) is 10.5 Å². The van der Waals surface area contributed by atoms with Gasteiger partial charge in [-0.05, 0) is 62.9 Å². The SMILES string of the molecule is CCOC(=O)c1ccc(NC(=O)/N=C(\CC)CC(CC)OCc2c(-c3c(Cl)cccc3Cl)noc2C2CC2)cc1-c1cncnc1. The van der Waals surface area contributed by atoms with Crippen LogP contribution in [0.5, 0.6) is 0 Å². The van der Waals surface area contributed by atoms with Crippen molar-refractivity contribution in [1.29, 1.82) is 0 Å². The highest BCUT2D eigenvalue weighted by Gasteiger charge is 2.34. The second-order valence-corrected chi connectivity index (χ2v) is 11.7. The van der Waals surface area contributed by atoms with Gasteiger partial charge < -0.3 is 19.3 Å². The van der Waals surface area contributed by atoms with Gasteiger partial charge in [-0.15, -0.1) is 0 Å². The molecule has 2 amide bonds. The van der Waals surface area contributed by atoms with E-state index < -0.39 is 12.0 Å². The lowest BCUT2D eigenvalue weighted by Gasteiger charge is -2.18. The number of carbonyl (C=O) groups excluding carboxylic acids is 2. The maximum Gasteiger partial charge on any atom is 0.345 e. The van der Waals surface area contributed by atoms with Crippen LogP contribution in [0.25, 0.3) is 22.4 Å². The Morgan fingerprint density at radius 3 is 2.48 bits per heavy atom. The lowest BCUT2D eigenvalue weighted by Crippen LogP contribution is -2.19. The Hall–Kier alpha value is -4.12. The number of anilines is 1. The van der Waals surface area contributed by atoms with Crippen molar-refractivity contribution in [3.05, 3.63) is 82.1 Å². The monoisotopic (exact) mass is 663 g/mol. The van der Waals surface area contributed by atoms with Crippen molar-refractivity contribution < 1.29 is 23.6 Å². The first kappa shape index (κ1) is 33.2. The van der Waals surface area contributed by atoms with Crippen molar-refractivity contribution in [2.24, 2.45) is 4.99 Å². The average molecular weight is 665 g/mol. The zero-order chi connectivity index (χ0) is 32.6. The van der Waals surface area contributed by atoms with E-state index in [1.807, 2.05) is 13.8 Å². The molecule has 1 aliphatic carbocycles. The first-order valence-corrected chi connectivity index (χ1v) is 16.1. The number of halogens is 2. The minimum atomic E-state index is -0.531. The molecule has 1 fully saturated rings. The van der Waals surface area contributed by atoms with Crippen LogP contribution in [0, 0.1) is 0 Å². The smallest absolute Gasteiger partial charge is 0.345 e. The van der Waals surface area contributed by atoms with E-state index in [9.17, 15) is 9.59 Å². The number of rotatable bonds is 13. The van der Waals surface area contributed by atoms with Crippen molar-refractivity contribution in [2.75, 3.05) is 11.9 Å². The van der Waals surface area contributed by atoms with Crippen LogP contribution in [0.1, 0.15) is 80.5 Å². The Labute approximate surface area is 277 Å². The number of nitrogens with zero attached hydrogens (tertiary/aromatic N) is 4. The summed E-state index contributed by atoms with van der Waals surface area (Å²) in [6.07, 6.45) is 8.15. The molecule has 0 radical (unpaired) electrons. The van der Waals surface area contributed by atoms with Crippen LogP contribution in [-0.4, -0.2) is 45.5 Å². The second-order valence-electron chi connectivity index (χ2n) is 10.9. The third-order valence-electron chi connectivity index (χ3n) is 7.65. The molecule has 240 valence electrons. The van der Waals surface area contributed by atoms with Crippen molar-refractivity contribution in [2.45, 2.75) is 71.5 Å². The number of ether oxygens (including phenoxy) is 2. The average Bonchev–Trinajstić information content (AvgIpc) is 3.82. The Balaban J connectivity index is 1.30. The Morgan fingerprint density at radius 1 is 1.09 bits per heavy atom. The summed E-state index contributed by atoms with van der Waals surface area (Å²) in [6.45, 7) is 6.20. The highest BCUT2D eigenvalue weighted by molar-refractivity contribution is 6.39. The molecule has 12 heteroatoms. The predicted molar refractivity (Wildman–Crippen MR) is 178 cm³/mol. The molecule has 46 heavy (non-hydrogen) atoms. The van der Waals surface area contributed by atoms with Gasteiger partial charge in [0.25, 0.3) is 0 Å². The van der Waals surface area contributed by atoms with Crippen LogP contribution in [0.2, 0.25) is 10.0 Å². The van der Waals surface area contributed by atoms with E-state index >= 15 is 0 Å². The molecule has 1 unspecified atom stereocenters. The number of amides is 2. The Kier molecular flexibility index (Phi) is 11.2. The van der Waals surface area contributed by atoms with Gasteiger partial charge in [-0.25, -0.2) is 24.5 Å². The Bertz CT molecular complexity index is 1700. The van der Waals surface area contributed by atoms with E-state index in [-0.39, 0.29) is 19.3 Å². The van der Waals surface area contributed by atoms with Gasteiger partial charge in [0.15, 0.2) is 0 Å². The number of hydrogen-bond acceptors (Lipinski definition) is 8. The van der Waals surface area contributed by atoms with E-state index in [0.717, 1.165) is 24.2 Å². The quantitative estimate of drug-likeness (QED) is 0.111. The van der Waals surface area contributed by atoms with Gasteiger partial charge in [0.05, 0.1) is 34.9 Å². The standard InChI is InChI=1S/C34H35Cl2N5O5/c1-4-22(39-34(43)40-23-12-13-25(33(42)44-6-3)26(15-23)21-16-37-19-38-17-21)14-24(5-2)45-18-27-31(41-46-32(27)20-10-11-20)30-28(35)8-7-9-29(30)36/h7-9,12-13,15-17,19-20,24H,4-6,10-11,14,18H2,1-3H3,(H,40,43)/b39-22+. The van der Waals surface area contributed by atoms with Crippen LogP contribution in [-0.2, 0) is 16.1 Å². The van der Waals surface area contributed by atoms with E-state index in [0.29, 0.717) is 74.6 Å². The molecule has 2 aromatic carbocycles. The number of benzene rings is 2. The molecule has 1 atom stereocenters. The Morgan fingerprint density at radius 2 is 1.83 bits per heavy atom. The highest BCUT2D eigenvalue weighted by Crippen LogP contribution is 2.46. The third-order valence-corrected chi connectivity index (χ3v) is 8.28. The van der Waals surface area contributed by atoms with Crippen molar-refractivity contribution >= 4 is 46.6 Å². The summed E-state index contributed by atoms with van der Waals surface area (Å²) in [7, 11) is 0. The normalized spacial score (nSPS) is 13.8. The lowest BCUT2D eigenvalue weighted by molar-refractivity contribution is 0.0422. The summed E-state index contributed by atoms with van der Waals surface area (Å²) in [5, 5.41) is 8.14. The molecule has 2 heterocycles. The van der Waals surface area contributed by atoms with Gasteiger partial charge in [-0.2, -0.15) is 0 Å². The minimum Gasteiger partial charge on any atom is -0.462 e. The van der Waals surface area contributed by atoms with Gasteiger partial charge in [0.1, 0.15) is 17.8 Å². The molecule has 0 saturated heterocycles. The number of hydrogen-bond donors (Lipinski definition) is 1. The summed E-state index contributed by atoms with van der Waals surface area (Å²) in [5.74, 6) is 0.632. The van der Waals surface area contributed by atoms with Crippen LogP contribution in [0.3, 0.4) is 0 Å². The fourth-order valence-corrected chi connectivity index (χ4v) is 5.66. The molecule has 1 N–H and O–H groups in total. The summed E-state index contributed by atoms with van der Waals surface area (Å²) in [6, 6.07) is 9.72. The lowest BCUT2D eigenvalue weighted by atomic mass is 10.0. The number of aromatic nitrogens is 3. The fourth-order valence-electron chi connectivity index (χ4n) is 5.08. The largest absolute Gasteiger partial charge is 0.462 e. The summed E-state index contributed by atoms with van der Waals surface area (Å²) in [5.41, 5.74) is 4.69. The molecule has 4 aromatic rings. The maximum absolute atomic E-state index is 13.1. The van der Waals surface area contributed by atoms with E-state index in [1.54, 1.807) is 55.7 Å². The molecule has 0 bridgehead atoms. The molecule has 1 saturated carbocycles. The van der Waals surface area contributed by atoms with Gasteiger partial charge in [-0.1, -0.05) is 48.3 Å². The molecule has 2 aromatic heterocycles. The molecule has 0 aliphatic heterocycles. The van der Waals surface area contributed by atoms with Gasteiger partial charge in [0, 0.05) is 58.4 Å². The summed E-state index contributed by atoms with van der Waals surface area (Å²) >= 11 is 13.0. The predicted octanol–water partition coefficient (Wildman–Crippen LogP) is 8.93. The fraction of sp³-hybridized carbons (Fsp3) is 0.353. The molecule has 0 spiro atoms. The number of carbonyl (C=O) groups is 2. The molecule has 5 rings (SSSR count). The van der Waals surface area contributed by atoms with E-state index in [4.69, 9.17) is 37.2 Å². The second kappa shape index (κ2) is 15.4. The van der Waals surface area contributed by atoms with Crippen molar-refractivity contribution in [1.82, 2.24) is 15.1 Å². The summed E-state index contributed by atoms with van der Waals surface area (Å²) < 4.78 is 17.4. The maximum atomic E-state index is 13.1. The van der Waals surface area contributed by atoms with Crippen LogP contribution >= 0.6 is 23.2 Å². The topological polar surface area (TPSA) is 129 Å². The molecule has 10 nitrogen and oxygen atoms in total. The minimum absolute atomic E-state index is 0.212. The number of nitrogens with one attached hydrogen (secondary N) is 1. The number of urea groups is 1. The number of esters is 1. The zero-order valence-corrected chi connectivity index (χ0v) is 27.4. The van der Waals surface area contributed by atoms with Crippen LogP contribution in [0.15, 0.2) is 64.6 Å². The van der Waals surface area contributed by atoms with Crippen molar-refractivity contribution in [3.8, 4) is 22.4 Å². The first-order chi connectivity index (χ1) is 22.3. The first-order valence-electron chi connectivity index (χ1n) is 15.3. The highest BCUT2D eigenvalue weighted by atomic mass is 35.5. The van der Waals surface area contributed by atoms with Crippen molar-refractivity contribution in [3.63, 3.8) is 0 Å². The van der Waals surface area contributed by atoms with E-state index in [2.05, 4.69) is 25.4 Å². The van der Waals surface area contributed by atoms with E-state index in [1.165, 1.54) is 6.33 Å². The van der Waals surface area contributed by atoms with Gasteiger partial charge >= 0.3 is 12.0 Å². The van der Waals surface area contributed by atoms with Gasteiger partial charge in [0.2, 0.25) is 0 Å². The molecular formula is C34H35Cl2N5O5. The van der Waals surface area contributed by atoms with Crippen LogP contribution < -0.4 is 5.32 Å². The number of aliphatic imine (C=N–C) groups is 1. The zero-order valence-electron chi connectivity index (χ0n) is 25.9. The molecular weight excluding hydrogens is 629 g/mol. The molecule has 1 aliphatic rings. The van der Waals surface area contributed by atoms with Gasteiger partial charge in [-0.3, -0.25) is 0 Å². The third kappa shape index (κ3) is 7.99. The summed E-state index contributed by atoms with van der Waals surface area (Å²) in [4.78, 5) is 38.1.